The van der Waals surface area contributed by atoms with Gasteiger partial charge in [-0.25, -0.2) is 0 Å². The van der Waals surface area contributed by atoms with Gasteiger partial charge in [-0.15, -0.1) is 0 Å². The zero-order valence-electron chi connectivity index (χ0n) is 9.04. The molecule has 0 unspecified atom stereocenters. The summed E-state index contributed by atoms with van der Waals surface area (Å²) >= 11 is 0. The van der Waals surface area contributed by atoms with Crippen LogP contribution in [0.3, 0.4) is 0 Å². The summed E-state index contributed by atoms with van der Waals surface area (Å²) in [5.41, 5.74) is 0. The van der Waals surface area contributed by atoms with Gasteiger partial charge in [0.05, 0.1) is 6.54 Å². The van der Waals surface area contributed by atoms with Gasteiger partial charge in [-0.05, 0) is 33.0 Å². The van der Waals surface area contributed by atoms with E-state index in [-0.39, 0.29) is 5.78 Å². The van der Waals surface area contributed by atoms with Gasteiger partial charge in [-0.3, -0.25) is 9.69 Å². The van der Waals surface area contributed by atoms with E-state index in [1.807, 2.05) is 31.0 Å². The maximum atomic E-state index is 10.8. The second-order valence-electron chi connectivity index (χ2n) is 3.70. The fourth-order valence-electron chi connectivity index (χ4n) is 1.38. The van der Waals surface area contributed by atoms with Gasteiger partial charge in [0.2, 0.25) is 0 Å². The zero-order chi connectivity index (χ0) is 10.6. The Morgan fingerprint density at radius 3 is 2.71 bits per heavy atom. The smallest absolute Gasteiger partial charge is 0.143 e. The van der Waals surface area contributed by atoms with E-state index in [4.69, 9.17) is 4.42 Å². The number of likely N-dealkylation sites (N-methyl/N-ethyl adjacent to an activating group) is 1. The van der Waals surface area contributed by atoms with Crippen LogP contribution in [0.15, 0.2) is 16.5 Å². The first-order valence-electron chi connectivity index (χ1n) is 4.81. The molecule has 0 saturated carbocycles. The number of ketones is 1. The van der Waals surface area contributed by atoms with E-state index >= 15 is 0 Å². The van der Waals surface area contributed by atoms with Crippen molar-refractivity contribution in [1.82, 2.24) is 4.90 Å². The number of hydrogen-bond donors (Lipinski definition) is 0. The molecule has 0 aromatic carbocycles. The molecule has 1 aromatic rings. The molecule has 0 aliphatic carbocycles. The minimum Gasteiger partial charge on any atom is -0.466 e. The maximum Gasteiger partial charge on any atom is 0.143 e. The average Bonchev–Trinajstić information content (AvgIpc) is 2.47. The van der Waals surface area contributed by atoms with Gasteiger partial charge < -0.3 is 4.42 Å². The molecule has 0 fully saturated rings. The number of carbonyl (C=O) groups excluding carboxylic acids is 1. The highest BCUT2D eigenvalue weighted by molar-refractivity contribution is 5.77. The van der Waals surface area contributed by atoms with E-state index in [0.29, 0.717) is 6.54 Å². The molecule has 0 bridgehead atoms. The molecule has 1 heterocycles. The van der Waals surface area contributed by atoms with Crippen LogP contribution >= 0.6 is 0 Å². The number of carbonyl (C=O) groups is 1. The minimum atomic E-state index is 0.197. The Kier molecular flexibility index (Phi) is 3.89. The summed E-state index contributed by atoms with van der Waals surface area (Å²) in [6.45, 7) is 4.91. The molecule has 0 spiro atoms. The van der Waals surface area contributed by atoms with Gasteiger partial charge in [0.15, 0.2) is 0 Å². The molecule has 3 nitrogen and oxygen atoms in total. The Bertz CT molecular complexity index is 304. The van der Waals surface area contributed by atoms with Crippen LogP contribution in [0, 0.1) is 6.92 Å². The molecule has 78 valence electrons. The molecule has 0 atom stereocenters. The SMILES string of the molecule is CC(=O)CN(C)CCc1ccc(C)o1. The highest BCUT2D eigenvalue weighted by Gasteiger charge is 2.03. The highest BCUT2D eigenvalue weighted by Crippen LogP contribution is 2.07. The standard InChI is InChI=1S/C11H17NO2/c1-9(13)8-12(3)7-6-11-5-4-10(2)14-11/h4-5H,6-8H2,1-3H3. The maximum absolute atomic E-state index is 10.8. The van der Waals surface area contributed by atoms with E-state index < -0.39 is 0 Å². The minimum absolute atomic E-state index is 0.197. The summed E-state index contributed by atoms with van der Waals surface area (Å²) in [6.07, 6.45) is 0.859. The van der Waals surface area contributed by atoms with Crippen molar-refractivity contribution >= 4 is 5.78 Å². The third kappa shape index (κ3) is 3.75. The predicted molar refractivity (Wildman–Crippen MR) is 55.3 cm³/mol. The Morgan fingerprint density at radius 1 is 1.50 bits per heavy atom. The second kappa shape index (κ2) is 4.96. The van der Waals surface area contributed by atoms with Crippen molar-refractivity contribution in [3.8, 4) is 0 Å². The van der Waals surface area contributed by atoms with Crippen LogP contribution in [0.1, 0.15) is 18.4 Å². The lowest BCUT2D eigenvalue weighted by Crippen LogP contribution is -2.26. The lowest BCUT2D eigenvalue weighted by Gasteiger charge is -2.13. The van der Waals surface area contributed by atoms with Crippen molar-refractivity contribution in [2.24, 2.45) is 0 Å². The number of rotatable bonds is 5. The predicted octanol–water partition coefficient (Wildman–Crippen LogP) is 1.65. The van der Waals surface area contributed by atoms with Gasteiger partial charge in [0.1, 0.15) is 17.3 Å². The van der Waals surface area contributed by atoms with Crippen molar-refractivity contribution < 1.29 is 9.21 Å². The zero-order valence-corrected chi connectivity index (χ0v) is 9.04. The van der Waals surface area contributed by atoms with E-state index in [2.05, 4.69) is 0 Å². The van der Waals surface area contributed by atoms with Crippen molar-refractivity contribution in [2.45, 2.75) is 20.3 Å². The number of Topliss-reactive ketones (excluding diaryl/α,β-unsaturated/α-hetero) is 1. The van der Waals surface area contributed by atoms with Crippen molar-refractivity contribution in [2.75, 3.05) is 20.1 Å². The van der Waals surface area contributed by atoms with Gasteiger partial charge in [-0.1, -0.05) is 0 Å². The van der Waals surface area contributed by atoms with Crippen LogP contribution in [0.4, 0.5) is 0 Å². The molecule has 0 amide bonds. The molecule has 0 N–H and O–H groups in total. The van der Waals surface area contributed by atoms with E-state index in [0.717, 1.165) is 24.5 Å². The first-order chi connectivity index (χ1) is 6.58. The first kappa shape index (κ1) is 11.0. The first-order valence-corrected chi connectivity index (χ1v) is 4.81. The summed E-state index contributed by atoms with van der Waals surface area (Å²) in [4.78, 5) is 12.8. The Morgan fingerprint density at radius 2 is 2.21 bits per heavy atom. The Labute approximate surface area is 84.7 Å². The van der Waals surface area contributed by atoms with Crippen molar-refractivity contribution in [3.63, 3.8) is 0 Å². The fourth-order valence-corrected chi connectivity index (χ4v) is 1.38. The van der Waals surface area contributed by atoms with Crippen LogP contribution in [0.25, 0.3) is 0 Å². The number of aryl methyl sites for hydroxylation is 1. The normalized spacial score (nSPS) is 10.9. The molecule has 0 radical (unpaired) electrons. The topological polar surface area (TPSA) is 33.5 Å². The van der Waals surface area contributed by atoms with E-state index in [9.17, 15) is 4.79 Å². The van der Waals surface area contributed by atoms with E-state index in [1.54, 1.807) is 6.92 Å². The monoisotopic (exact) mass is 195 g/mol. The summed E-state index contributed by atoms with van der Waals surface area (Å²) in [7, 11) is 1.94. The molecule has 0 saturated heterocycles. The van der Waals surface area contributed by atoms with Crippen molar-refractivity contribution in [3.05, 3.63) is 23.7 Å². The molecule has 1 aromatic heterocycles. The molecule has 3 heteroatoms. The molecular formula is C11H17NO2. The lowest BCUT2D eigenvalue weighted by atomic mass is 10.3. The Hall–Kier alpha value is -1.09. The van der Waals surface area contributed by atoms with Crippen LogP contribution in [0.2, 0.25) is 0 Å². The van der Waals surface area contributed by atoms with Crippen LogP contribution in [0.5, 0.6) is 0 Å². The van der Waals surface area contributed by atoms with Crippen molar-refractivity contribution in [1.29, 1.82) is 0 Å². The second-order valence-corrected chi connectivity index (χ2v) is 3.70. The van der Waals surface area contributed by atoms with Gasteiger partial charge >= 0.3 is 0 Å². The number of nitrogens with zero attached hydrogens (tertiary/aromatic N) is 1. The van der Waals surface area contributed by atoms with Crippen LogP contribution in [-0.2, 0) is 11.2 Å². The molecule has 1 rings (SSSR count). The molecule has 0 aliphatic rings. The number of furan rings is 1. The third-order valence-electron chi connectivity index (χ3n) is 2.03. The summed E-state index contributed by atoms with van der Waals surface area (Å²) in [5, 5.41) is 0. The number of hydrogen-bond acceptors (Lipinski definition) is 3. The summed E-state index contributed by atoms with van der Waals surface area (Å²) < 4.78 is 5.43. The quantitative estimate of drug-likeness (QED) is 0.716. The lowest BCUT2D eigenvalue weighted by molar-refractivity contribution is -0.117. The highest BCUT2D eigenvalue weighted by atomic mass is 16.3. The molecule has 0 aliphatic heterocycles. The third-order valence-corrected chi connectivity index (χ3v) is 2.03. The largest absolute Gasteiger partial charge is 0.466 e. The average molecular weight is 195 g/mol. The van der Waals surface area contributed by atoms with Crippen LogP contribution < -0.4 is 0 Å². The molecule has 14 heavy (non-hydrogen) atoms. The van der Waals surface area contributed by atoms with E-state index in [1.165, 1.54) is 0 Å². The van der Waals surface area contributed by atoms with Gasteiger partial charge in [0.25, 0.3) is 0 Å². The summed E-state index contributed by atoms with van der Waals surface area (Å²) in [6, 6.07) is 3.94. The summed E-state index contributed by atoms with van der Waals surface area (Å²) in [5.74, 6) is 2.12. The fraction of sp³-hybridized carbons (Fsp3) is 0.545. The van der Waals surface area contributed by atoms with Gasteiger partial charge in [-0.2, -0.15) is 0 Å². The molecular weight excluding hydrogens is 178 g/mol. The Balaban J connectivity index is 2.30. The van der Waals surface area contributed by atoms with Gasteiger partial charge in [0, 0.05) is 13.0 Å². The van der Waals surface area contributed by atoms with Crippen LogP contribution in [-0.4, -0.2) is 30.8 Å².